The molecule has 40 heavy (non-hydrogen) atoms. The van der Waals surface area contributed by atoms with E-state index in [1.807, 2.05) is 0 Å². The molecule has 4 aromatic heterocycles. The van der Waals surface area contributed by atoms with Crippen molar-refractivity contribution >= 4 is 46.2 Å². The molecule has 1 saturated heterocycles. The Balaban J connectivity index is 1.43. The fourth-order valence-corrected chi connectivity index (χ4v) is 4.80. The van der Waals surface area contributed by atoms with E-state index in [0.29, 0.717) is 37.1 Å². The average Bonchev–Trinajstić information content (AvgIpc) is 3.50. The predicted molar refractivity (Wildman–Crippen MR) is 139 cm³/mol. The Bertz CT molecular complexity index is 1580. The van der Waals surface area contributed by atoms with Gasteiger partial charge in [0.1, 0.15) is 21.9 Å². The smallest absolute Gasteiger partial charge is 0.433 e. The number of ether oxygens (including phenoxy) is 1. The molecule has 5 heterocycles. The molecular weight excluding hydrogens is 553 g/mol. The molecule has 16 heteroatoms. The highest BCUT2D eigenvalue weighted by Crippen LogP contribution is 2.37. The van der Waals surface area contributed by atoms with Crippen LogP contribution in [-0.2, 0) is 18.0 Å². The molecule has 1 fully saturated rings. The molecule has 0 aromatic carbocycles. The minimum absolute atomic E-state index is 0.0525. The molecule has 0 spiro atoms. The molecule has 4 aromatic rings. The lowest BCUT2D eigenvalue weighted by Gasteiger charge is -2.32. The number of pyridine rings is 1. The van der Waals surface area contributed by atoms with Crippen LogP contribution in [0.1, 0.15) is 37.2 Å². The number of carbonyl (C=O) groups is 1. The standard InChI is InChI=1S/C24H24ClF3N10O2/c1-13(39)37-7-3-14(4-8-37)38-18(24(26,27)28)9-19(35-38)33-23-34-22-21(36(23)2)20(25)17(12-32-22)40-16(10-29)15-11-30-5-6-31-15/h5-6,9-12,14H,3-4,7-8,29H2,1-2H3,(H,32,33,34,35). The summed E-state index contributed by atoms with van der Waals surface area (Å²) in [7, 11) is 1.62. The van der Waals surface area contributed by atoms with Gasteiger partial charge in [0, 0.05) is 51.7 Å². The number of halogens is 4. The molecule has 1 aliphatic rings. The first-order valence-electron chi connectivity index (χ1n) is 12.1. The molecule has 1 aliphatic heterocycles. The summed E-state index contributed by atoms with van der Waals surface area (Å²) >= 11 is 6.62. The summed E-state index contributed by atoms with van der Waals surface area (Å²) < 4.78 is 50.1. The Morgan fingerprint density at radius 1 is 1.23 bits per heavy atom. The number of fused-ring (bicyclic) bond motifs is 1. The first-order chi connectivity index (χ1) is 19.1. The summed E-state index contributed by atoms with van der Waals surface area (Å²) in [5.74, 6) is 0.352. The monoisotopic (exact) mass is 576 g/mol. The third kappa shape index (κ3) is 5.23. The number of hydrogen-bond acceptors (Lipinski definition) is 9. The fraction of sp³-hybridized carbons (Fsp3) is 0.333. The molecule has 5 rings (SSSR count). The largest absolute Gasteiger partial charge is 0.450 e. The molecule has 0 atom stereocenters. The van der Waals surface area contributed by atoms with Gasteiger partial charge in [-0.05, 0) is 12.8 Å². The van der Waals surface area contributed by atoms with Gasteiger partial charge in [0.15, 0.2) is 23.0 Å². The number of anilines is 2. The zero-order valence-electron chi connectivity index (χ0n) is 21.4. The highest BCUT2D eigenvalue weighted by atomic mass is 35.5. The van der Waals surface area contributed by atoms with Crippen LogP contribution in [-0.4, -0.2) is 58.2 Å². The maximum absolute atomic E-state index is 13.9. The third-order valence-electron chi connectivity index (χ3n) is 6.51. The van der Waals surface area contributed by atoms with E-state index in [-0.39, 0.29) is 39.9 Å². The van der Waals surface area contributed by atoms with E-state index < -0.39 is 17.9 Å². The van der Waals surface area contributed by atoms with E-state index in [1.54, 1.807) is 11.9 Å². The second-order valence-electron chi connectivity index (χ2n) is 9.05. The predicted octanol–water partition coefficient (Wildman–Crippen LogP) is 3.89. The Morgan fingerprint density at radius 3 is 2.60 bits per heavy atom. The van der Waals surface area contributed by atoms with Gasteiger partial charge in [0.25, 0.3) is 0 Å². The van der Waals surface area contributed by atoms with Gasteiger partial charge < -0.3 is 25.3 Å². The number of nitrogens with two attached hydrogens (primary N) is 1. The molecule has 0 bridgehead atoms. The number of hydrogen-bond donors (Lipinski definition) is 2. The number of alkyl halides is 3. The van der Waals surface area contributed by atoms with Gasteiger partial charge in [0.05, 0.1) is 18.4 Å². The van der Waals surface area contributed by atoms with Crippen molar-refractivity contribution in [2.45, 2.75) is 32.0 Å². The summed E-state index contributed by atoms with van der Waals surface area (Å²) in [4.78, 5) is 30.0. The van der Waals surface area contributed by atoms with E-state index in [2.05, 4.69) is 30.4 Å². The van der Waals surface area contributed by atoms with E-state index >= 15 is 0 Å². The van der Waals surface area contributed by atoms with Gasteiger partial charge >= 0.3 is 6.18 Å². The number of likely N-dealkylation sites (tertiary alicyclic amines) is 1. The van der Waals surface area contributed by atoms with E-state index in [4.69, 9.17) is 22.1 Å². The van der Waals surface area contributed by atoms with Crippen molar-refractivity contribution in [3.05, 3.63) is 53.5 Å². The van der Waals surface area contributed by atoms with Crippen molar-refractivity contribution < 1.29 is 22.7 Å². The summed E-state index contributed by atoms with van der Waals surface area (Å²) in [6.45, 7) is 2.16. The minimum Gasteiger partial charge on any atom is -0.450 e. The van der Waals surface area contributed by atoms with Crippen LogP contribution < -0.4 is 15.8 Å². The van der Waals surface area contributed by atoms with Crippen LogP contribution in [0.2, 0.25) is 5.02 Å². The number of imidazole rings is 1. The summed E-state index contributed by atoms with van der Waals surface area (Å²) in [6.07, 6.45) is 3.07. The van der Waals surface area contributed by atoms with Crippen LogP contribution in [0.4, 0.5) is 24.9 Å². The highest BCUT2D eigenvalue weighted by Gasteiger charge is 2.38. The van der Waals surface area contributed by atoms with Crippen LogP contribution in [0, 0.1) is 0 Å². The van der Waals surface area contributed by atoms with Crippen molar-refractivity contribution in [3.8, 4) is 5.75 Å². The molecular formula is C24H24ClF3N10O2. The van der Waals surface area contributed by atoms with Crippen molar-refractivity contribution in [2.75, 3.05) is 18.4 Å². The normalized spacial score (nSPS) is 15.1. The Kier molecular flexibility index (Phi) is 7.23. The fourth-order valence-electron chi connectivity index (χ4n) is 4.50. The molecule has 1 amide bonds. The van der Waals surface area contributed by atoms with Crippen molar-refractivity contribution in [3.63, 3.8) is 0 Å². The first-order valence-corrected chi connectivity index (χ1v) is 12.5. The molecule has 0 aliphatic carbocycles. The first kappa shape index (κ1) is 27.2. The summed E-state index contributed by atoms with van der Waals surface area (Å²) in [6, 6.07) is 0.414. The molecule has 3 N–H and O–H groups in total. The van der Waals surface area contributed by atoms with Gasteiger partial charge in [-0.15, -0.1) is 0 Å². The minimum atomic E-state index is -4.63. The number of carbonyl (C=O) groups excluding carboxylic acids is 1. The molecule has 12 nitrogen and oxygen atoms in total. The number of aryl methyl sites for hydroxylation is 1. The Labute approximate surface area is 230 Å². The van der Waals surface area contributed by atoms with Gasteiger partial charge in [-0.1, -0.05) is 11.6 Å². The van der Waals surface area contributed by atoms with Crippen molar-refractivity contribution in [1.29, 1.82) is 0 Å². The highest BCUT2D eigenvalue weighted by molar-refractivity contribution is 6.36. The van der Waals surface area contributed by atoms with Crippen LogP contribution in [0.5, 0.6) is 5.75 Å². The third-order valence-corrected chi connectivity index (χ3v) is 6.88. The van der Waals surface area contributed by atoms with Crippen LogP contribution in [0.25, 0.3) is 16.9 Å². The number of nitrogens with one attached hydrogen (secondary N) is 1. The summed E-state index contributed by atoms with van der Waals surface area (Å²) in [5.41, 5.74) is 5.77. The van der Waals surface area contributed by atoms with Gasteiger partial charge in [0.2, 0.25) is 11.9 Å². The van der Waals surface area contributed by atoms with Gasteiger partial charge in [-0.2, -0.15) is 23.3 Å². The second-order valence-corrected chi connectivity index (χ2v) is 9.42. The average molecular weight is 577 g/mol. The molecule has 210 valence electrons. The zero-order chi connectivity index (χ0) is 28.6. The molecule has 0 unspecified atom stereocenters. The number of aromatic nitrogens is 7. The Morgan fingerprint density at radius 2 is 1.98 bits per heavy atom. The van der Waals surface area contributed by atoms with Gasteiger partial charge in [-0.3, -0.25) is 14.5 Å². The number of rotatable bonds is 6. The SMILES string of the molecule is CC(=O)N1CCC(n2nc(Nc3nc4ncc(OC(=CN)c5cnccn5)c(Cl)c4n3C)cc2C(F)(F)F)CC1. The van der Waals surface area contributed by atoms with Crippen molar-refractivity contribution in [2.24, 2.45) is 12.8 Å². The zero-order valence-corrected chi connectivity index (χ0v) is 22.1. The maximum Gasteiger partial charge on any atom is 0.433 e. The quantitative estimate of drug-likeness (QED) is 0.327. The van der Waals surface area contributed by atoms with Crippen LogP contribution in [0.3, 0.4) is 0 Å². The van der Waals surface area contributed by atoms with Crippen molar-refractivity contribution in [1.82, 2.24) is 39.2 Å². The molecule has 0 saturated carbocycles. The van der Waals surface area contributed by atoms with Crippen LogP contribution in [0.15, 0.2) is 37.1 Å². The van der Waals surface area contributed by atoms with E-state index in [0.717, 1.165) is 10.7 Å². The number of amides is 1. The summed E-state index contributed by atoms with van der Waals surface area (Å²) in [5, 5.41) is 7.22. The van der Waals surface area contributed by atoms with E-state index in [1.165, 1.54) is 42.5 Å². The van der Waals surface area contributed by atoms with E-state index in [9.17, 15) is 18.0 Å². The number of nitrogens with zero attached hydrogens (tertiary/aromatic N) is 8. The lowest BCUT2D eigenvalue weighted by Crippen LogP contribution is -2.38. The van der Waals surface area contributed by atoms with Gasteiger partial charge in [-0.25, -0.2) is 9.97 Å². The number of piperidine rings is 1. The maximum atomic E-state index is 13.9. The lowest BCUT2D eigenvalue weighted by atomic mass is 10.0. The lowest BCUT2D eigenvalue weighted by molar-refractivity contribution is -0.146. The molecule has 0 radical (unpaired) electrons. The topological polar surface area (TPSA) is 142 Å². The Hall–Kier alpha value is -4.40. The van der Waals surface area contributed by atoms with Crippen LogP contribution >= 0.6 is 11.6 Å². The second kappa shape index (κ2) is 10.6.